The van der Waals surface area contributed by atoms with Crippen LogP contribution in [-0.2, 0) is 26.2 Å². The lowest BCUT2D eigenvalue weighted by Gasteiger charge is -2.31. The summed E-state index contributed by atoms with van der Waals surface area (Å²) < 4.78 is 3.86. The Bertz CT molecular complexity index is 640. The third-order valence-corrected chi connectivity index (χ3v) is 6.65. The van der Waals surface area contributed by atoms with Gasteiger partial charge in [-0.1, -0.05) is 57.9 Å². The lowest BCUT2D eigenvalue weighted by atomic mass is 9.75. The first-order chi connectivity index (χ1) is 14.7. The van der Waals surface area contributed by atoms with Gasteiger partial charge in [0.2, 0.25) is 5.91 Å². The number of hydrazine groups is 1. The lowest BCUT2D eigenvalue weighted by molar-refractivity contribution is -0.127. The molecule has 1 rings (SSSR count). The van der Waals surface area contributed by atoms with E-state index in [0.29, 0.717) is 6.47 Å². The van der Waals surface area contributed by atoms with Crippen LogP contribution < -0.4 is 10.9 Å². The van der Waals surface area contributed by atoms with Gasteiger partial charge in [0.1, 0.15) is 0 Å². The van der Waals surface area contributed by atoms with Gasteiger partial charge in [-0.3, -0.25) is 15.0 Å². The van der Waals surface area contributed by atoms with Crippen molar-refractivity contribution in [1.29, 1.82) is 0 Å². The summed E-state index contributed by atoms with van der Waals surface area (Å²) in [5, 5.41) is 8.97. The van der Waals surface area contributed by atoms with Crippen molar-refractivity contribution in [1.82, 2.24) is 10.9 Å². The van der Waals surface area contributed by atoms with Crippen molar-refractivity contribution in [2.45, 2.75) is 65.2 Å². The molecule has 0 saturated heterocycles. The van der Waals surface area contributed by atoms with E-state index in [1.54, 1.807) is 18.8 Å². The Morgan fingerprint density at radius 2 is 1.94 bits per heavy atom. The molecule has 0 aromatic heterocycles. The number of ether oxygens (including phenoxy) is 1. The largest absolute Gasteiger partial charge is 0.471 e. The van der Waals surface area contributed by atoms with Gasteiger partial charge in [0.25, 0.3) is 6.47 Å². The van der Waals surface area contributed by atoms with Gasteiger partial charge in [0.15, 0.2) is 0 Å². The lowest BCUT2D eigenvalue weighted by Crippen LogP contribution is -2.47. The van der Waals surface area contributed by atoms with E-state index < -0.39 is 5.41 Å². The molecular weight excluding hydrogens is 412 g/mol. The van der Waals surface area contributed by atoms with Crippen LogP contribution >= 0.6 is 11.8 Å². The first kappa shape index (κ1) is 29.4. The fourth-order valence-electron chi connectivity index (χ4n) is 3.40. The number of hydrogen-bond acceptors (Lipinski definition) is 6. The number of methoxy groups -OCH3 is 1. The van der Waals surface area contributed by atoms with E-state index in [4.69, 9.17) is 9.90 Å². The number of hydrogen-bond donors (Lipinski definition) is 3. The van der Waals surface area contributed by atoms with Crippen molar-refractivity contribution in [3.05, 3.63) is 35.4 Å². The van der Waals surface area contributed by atoms with Crippen LogP contribution in [0.25, 0.3) is 0 Å². The number of carbonyl (C=O) groups is 2. The van der Waals surface area contributed by atoms with Crippen LogP contribution in [0.4, 0.5) is 0 Å². The maximum Gasteiger partial charge on any atom is 0.292 e. The van der Waals surface area contributed by atoms with Gasteiger partial charge in [0, 0.05) is 12.8 Å². The first-order valence-corrected chi connectivity index (χ1v) is 12.1. The maximum atomic E-state index is 12.9. The highest BCUT2D eigenvalue weighted by molar-refractivity contribution is 7.99. The number of amides is 1. The molecular formula is C24H42N2O4S. The predicted molar refractivity (Wildman–Crippen MR) is 130 cm³/mol. The highest BCUT2D eigenvalue weighted by Crippen LogP contribution is 2.34. The fourth-order valence-corrected chi connectivity index (χ4v) is 4.38. The van der Waals surface area contributed by atoms with Gasteiger partial charge < -0.3 is 9.84 Å². The Kier molecular flexibility index (Phi) is 15.3. The van der Waals surface area contributed by atoms with Gasteiger partial charge in [-0.05, 0) is 48.5 Å². The summed E-state index contributed by atoms with van der Waals surface area (Å²) in [7, 11) is 3.04. The smallest absolute Gasteiger partial charge is 0.292 e. The molecule has 0 saturated carbocycles. The van der Waals surface area contributed by atoms with E-state index in [1.807, 2.05) is 0 Å². The van der Waals surface area contributed by atoms with E-state index in [0.717, 1.165) is 49.2 Å². The summed E-state index contributed by atoms with van der Waals surface area (Å²) in [5.41, 5.74) is 7.63. The normalized spacial score (nSPS) is 12.9. The van der Waals surface area contributed by atoms with Crippen molar-refractivity contribution in [2.24, 2.45) is 5.41 Å². The number of aliphatic hydroxyl groups is 1. The second-order valence-electron chi connectivity index (χ2n) is 8.61. The molecule has 0 aliphatic rings. The predicted octanol–water partition coefficient (Wildman–Crippen LogP) is 3.86. The minimum atomic E-state index is -0.554. The molecule has 0 bridgehead atoms. The Labute approximate surface area is 192 Å². The molecule has 1 aromatic rings. The number of aryl methyl sites for hydroxylation is 1. The third-order valence-electron chi connectivity index (χ3n) is 5.20. The highest BCUT2D eigenvalue weighted by atomic mass is 32.2. The van der Waals surface area contributed by atoms with Crippen LogP contribution in [0.15, 0.2) is 24.3 Å². The second-order valence-corrected chi connectivity index (χ2v) is 9.72. The van der Waals surface area contributed by atoms with Crippen LogP contribution in [0, 0.1) is 5.41 Å². The molecule has 0 aliphatic carbocycles. The van der Waals surface area contributed by atoms with Gasteiger partial charge in [-0.15, -0.1) is 0 Å². The zero-order chi connectivity index (χ0) is 23.8. The Balaban J connectivity index is 0.00000206. The number of carbonyl (C=O) groups excluding carboxylic acids is 2. The minimum absolute atomic E-state index is 0.0195. The molecule has 0 heterocycles. The van der Waals surface area contributed by atoms with Crippen molar-refractivity contribution >= 4 is 24.1 Å². The van der Waals surface area contributed by atoms with Crippen LogP contribution in [0.1, 0.15) is 64.5 Å². The SMILES string of the molecule is CCCc1cccc(C(C)(CCCC(C)(C)CSCCO)C(=O)NNC)c1.COC=O. The van der Waals surface area contributed by atoms with E-state index in [2.05, 4.69) is 67.5 Å². The van der Waals surface area contributed by atoms with Crippen LogP contribution in [0.5, 0.6) is 0 Å². The van der Waals surface area contributed by atoms with Gasteiger partial charge in [-0.25, -0.2) is 5.43 Å². The molecule has 6 nitrogen and oxygen atoms in total. The molecule has 1 unspecified atom stereocenters. The standard InChI is InChI=1S/C22H38N2O2S.C2H4O2/c1-6-9-18-10-7-11-19(16-18)22(4,20(26)24-23-5)13-8-12-21(2,3)17-27-15-14-25;1-4-2-3/h7,10-11,16,23,25H,6,8-9,12-15,17H2,1-5H3,(H,24,26);2H,1H3. The van der Waals surface area contributed by atoms with Crippen LogP contribution in [-0.4, -0.2) is 49.8 Å². The summed E-state index contributed by atoms with van der Waals surface area (Å²) in [6.07, 6.45) is 4.99. The molecule has 1 amide bonds. The number of thioether (sulfide) groups is 1. The fraction of sp³-hybridized carbons (Fsp3) is 0.667. The minimum Gasteiger partial charge on any atom is -0.471 e. The molecule has 178 valence electrons. The topological polar surface area (TPSA) is 87.7 Å². The van der Waals surface area contributed by atoms with Crippen LogP contribution in [0.2, 0.25) is 0 Å². The molecule has 0 aliphatic heterocycles. The number of benzene rings is 1. The van der Waals surface area contributed by atoms with Crippen molar-refractivity contribution in [3.8, 4) is 0 Å². The third kappa shape index (κ3) is 11.6. The van der Waals surface area contributed by atoms with E-state index >= 15 is 0 Å². The average Bonchev–Trinajstić information content (AvgIpc) is 2.74. The Morgan fingerprint density at radius 3 is 2.48 bits per heavy atom. The van der Waals surface area contributed by atoms with E-state index in [1.165, 1.54) is 12.7 Å². The Hall–Kier alpha value is -1.57. The number of nitrogens with one attached hydrogen (secondary N) is 2. The Morgan fingerprint density at radius 1 is 1.26 bits per heavy atom. The first-order valence-electron chi connectivity index (χ1n) is 10.9. The van der Waals surface area contributed by atoms with Crippen molar-refractivity contribution in [2.75, 3.05) is 32.3 Å². The number of rotatable bonds is 14. The second kappa shape index (κ2) is 16.1. The summed E-state index contributed by atoms with van der Waals surface area (Å²) in [6.45, 7) is 9.38. The monoisotopic (exact) mass is 454 g/mol. The highest BCUT2D eigenvalue weighted by Gasteiger charge is 2.35. The zero-order valence-corrected chi connectivity index (χ0v) is 20.9. The van der Waals surface area contributed by atoms with E-state index in [-0.39, 0.29) is 17.9 Å². The number of aliphatic hydroxyl groups excluding tert-OH is 1. The summed E-state index contributed by atoms with van der Waals surface area (Å²) >= 11 is 1.80. The molecule has 0 spiro atoms. The van der Waals surface area contributed by atoms with Gasteiger partial charge in [-0.2, -0.15) is 11.8 Å². The quantitative estimate of drug-likeness (QED) is 0.225. The summed E-state index contributed by atoms with van der Waals surface area (Å²) in [5.74, 6) is 1.83. The van der Waals surface area contributed by atoms with Gasteiger partial charge in [0.05, 0.1) is 19.1 Å². The van der Waals surface area contributed by atoms with Crippen LogP contribution in [0.3, 0.4) is 0 Å². The molecule has 7 heteroatoms. The average molecular weight is 455 g/mol. The molecule has 0 fully saturated rings. The van der Waals surface area contributed by atoms with Crippen molar-refractivity contribution in [3.63, 3.8) is 0 Å². The molecule has 1 atom stereocenters. The molecule has 1 aromatic carbocycles. The molecule has 31 heavy (non-hydrogen) atoms. The molecule has 0 radical (unpaired) electrons. The maximum absolute atomic E-state index is 12.9. The summed E-state index contributed by atoms with van der Waals surface area (Å²) in [4.78, 5) is 21.8. The van der Waals surface area contributed by atoms with E-state index in [9.17, 15) is 4.79 Å². The van der Waals surface area contributed by atoms with Gasteiger partial charge >= 0.3 is 0 Å². The summed E-state index contributed by atoms with van der Waals surface area (Å²) in [6, 6.07) is 8.49. The molecule has 3 N–H and O–H groups in total. The zero-order valence-electron chi connectivity index (χ0n) is 20.1. The van der Waals surface area contributed by atoms with Crippen molar-refractivity contribution < 1.29 is 19.4 Å².